The van der Waals surface area contributed by atoms with Crippen LogP contribution >= 0.6 is 0 Å². The predicted octanol–water partition coefficient (Wildman–Crippen LogP) is 16.6. The summed E-state index contributed by atoms with van der Waals surface area (Å²) in [5.41, 5.74) is 8.88. The lowest BCUT2D eigenvalue weighted by molar-refractivity contribution is 0.669. The second-order valence-electron chi connectivity index (χ2n) is 16.8. The van der Waals surface area contributed by atoms with Gasteiger partial charge in [0.05, 0.1) is 11.4 Å². The Morgan fingerprint density at radius 3 is 1.51 bits per heavy atom. The normalized spacial score (nSPS) is 12.1. The third-order valence-electron chi connectivity index (χ3n) is 13.4. The fourth-order valence-corrected chi connectivity index (χ4v) is 10.5. The van der Waals surface area contributed by atoms with E-state index in [1.807, 2.05) is 30.3 Å². The molecule has 12 aromatic carbocycles. The van der Waals surface area contributed by atoms with Crippen LogP contribution in [-0.4, -0.2) is 9.97 Å². The fourth-order valence-electron chi connectivity index (χ4n) is 10.5. The maximum Gasteiger partial charge on any atom is 0.160 e. The molecule has 0 bridgehead atoms. The molecule has 2 aromatic heterocycles. The third kappa shape index (κ3) is 5.08. The van der Waals surface area contributed by atoms with Crippen molar-refractivity contribution in [3.63, 3.8) is 0 Å². The van der Waals surface area contributed by atoms with Gasteiger partial charge in [0.1, 0.15) is 11.2 Å². The van der Waals surface area contributed by atoms with E-state index in [2.05, 4.69) is 176 Å². The first-order chi connectivity index (χ1) is 31.2. The highest BCUT2D eigenvalue weighted by molar-refractivity contribution is 6.37. The quantitative estimate of drug-likeness (QED) is 0.167. The second kappa shape index (κ2) is 13.1. The summed E-state index contributed by atoms with van der Waals surface area (Å²) in [6.45, 7) is 0. The molecule has 0 unspecified atom stereocenters. The molecule has 14 rings (SSSR count). The van der Waals surface area contributed by atoms with E-state index in [1.54, 1.807) is 0 Å². The van der Waals surface area contributed by atoms with Crippen molar-refractivity contribution in [2.24, 2.45) is 0 Å². The van der Waals surface area contributed by atoms with Crippen LogP contribution in [0.4, 0.5) is 0 Å². The molecule has 0 spiro atoms. The minimum absolute atomic E-state index is 0.686. The smallest absolute Gasteiger partial charge is 0.160 e. The molecule has 0 aliphatic rings. The van der Waals surface area contributed by atoms with Crippen molar-refractivity contribution in [3.05, 3.63) is 206 Å². The molecule has 3 nitrogen and oxygen atoms in total. The lowest BCUT2D eigenvalue weighted by atomic mass is 9.86. The maximum atomic E-state index is 6.21. The Bertz CT molecular complexity index is 4200. The molecule has 0 fully saturated rings. The molecule has 290 valence electrons. The Kier molecular flexibility index (Phi) is 7.11. The van der Waals surface area contributed by atoms with Crippen LogP contribution in [0.2, 0.25) is 0 Å². The Morgan fingerprint density at radius 1 is 0.270 bits per heavy atom. The van der Waals surface area contributed by atoms with Gasteiger partial charge in [-0.05, 0) is 129 Å². The van der Waals surface area contributed by atoms with E-state index < -0.39 is 0 Å². The summed E-state index contributed by atoms with van der Waals surface area (Å²) in [4.78, 5) is 10.5. The molecular weight excluding hydrogens is 765 g/mol. The lowest BCUT2D eigenvalue weighted by Crippen LogP contribution is -1.97. The van der Waals surface area contributed by atoms with Crippen molar-refractivity contribution < 1.29 is 4.42 Å². The van der Waals surface area contributed by atoms with Crippen molar-refractivity contribution in [1.82, 2.24) is 9.97 Å². The molecule has 0 radical (unpaired) electrons. The van der Waals surface area contributed by atoms with Crippen LogP contribution in [0, 0.1) is 0 Å². The molecule has 0 atom stereocenters. The van der Waals surface area contributed by atoms with Gasteiger partial charge in [-0.1, -0.05) is 164 Å². The standard InChI is InChI=1S/C60H34N2O/c1-2-11-38(12-3-1)60-61-52(39-27-30-55-50(32-39)46-18-6-7-22-54(46)63-55)34-53(62-60)45-29-28-42(43-16-4-5-17-44(43)45)41-31-40-26-25-37-14-9-20-48-47-19-8-13-35-23-24-36-15-10-21-49(58(36)56(35)47)51(33-41)59(40)57(37)48/h1-34H. The van der Waals surface area contributed by atoms with Crippen molar-refractivity contribution in [2.45, 2.75) is 0 Å². The molecule has 14 aromatic rings. The van der Waals surface area contributed by atoms with Gasteiger partial charge in [0, 0.05) is 27.5 Å². The SMILES string of the molecule is c1ccc(-c2nc(-c3ccc4oc5ccccc5c4c3)cc(-c3ccc(-c4cc5ccc6cccc7c8cccc9ccc%10cccc(c(c4)c5c67)c%10c98)c4ccccc34)n2)cc1. The van der Waals surface area contributed by atoms with E-state index >= 15 is 0 Å². The molecule has 0 aliphatic heterocycles. The minimum Gasteiger partial charge on any atom is -0.456 e. The number of fused-ring (bicyclic) bond motifs is 6. The molecule has 2 heterocycles. The van der Waals surface area contributed by atoms with E-state index in [1.165, 1.54) is 81.1 Å². The summed E-state index contributed by atoms with van der Waals surface area (Å²) < 4.78 is 6.21. The average Bonchev–Trinajstić information content (AvgIpc) is 3.73. The number of aromatic nitrogens is 2. The number of nitrogens with zero attached hydrogens (tertiary/aromatic N) is 2. The largest absolute Gasteiger partial charge is 0.456 e. The second-order valence-corrected chi connectivity index (χ2v) is 16.8. The third-order valence-corrected chi connectivity index (χ3v) is 13.4. The van der Waals surface area contributed by atoms with Gasteiger partial charge in [-0.2, -0.15) is 0 Å². The first-order valence-corrected chi connectivity index (χ1v) is 21.6. The topological polar surface area (TPSA) is 38.9 Å². The van der Waals surface area contributed by atoms with Gasteiger partial charge in [-0.25, -0.2) is 9.97 Å². The first kappa shape index (κ1) is 34.3. The molecule has 3 heteroatoms. The van der Waals surface area contributed by atoms with E-state index in [0.717, 1.165) is 55.4 Å². The van der Waals surface area contributed by atoms with E-state index in [9.17, 15) is 0 Å². The monoisotopic (exact) mass is 798 g/mol. The number of benzene rings is 11. The van der Waals surface area contributed by atoms with Crippen LogP contribution in [-0.2, 0) is 0 Å². The molecule has 0 aliphatic carbocycles. The van der Waals surface area contributed by atoms with Gasteiger partial charge >= 0.3 is 0 Å². The Balaban J connectivity index is 1.02. The van der Waals surface area contributed by atoms with Crippen molar-refractivity contribution in [3.8, 4) is 45.0 Å². The molecule has 0 saturated carbocycles. The Hall–Kier alpha value is -8.40. The summed E-state index contributed by atoms with van der Waals surface area (Å²) in [7, 11) is 0. The highest BCUT2D eigenvalue weighted by atomic mass is 16.3. The number of para-hydroxylation sites is 1. The lowest BCUT2D eigenvalue weighted by Gasteiger charge is -2.18. The van der Waals surface area contributed by atoms with E-state index in [-0.39, 0.29) is 0 Å². The molecule has 63 heavy (non-hydrogen) atoms. The Labute approximate surface area is 361 Å². The van der Waals surface area contributed by atoms with Gasteiger partial charge in [0.2, 0.25) is 0 Å². The highest BCUT2D eigenvalue weighted by Crippen LogP contribution is 2.46. The van der Waals surface area contributed by atoms with Crippen molar-refractivity contribution >= 4 is 97.3 Å². The molecule has 0 N–H and O–H groups in total. The number of hydrogen-bond donors (Lipinski definition) is 0. The maximum absolute atomic E-state index is 6.21. The van der Waals surface area contributed by atoms with Crippen LogP contribution in [0.1, 0.15) is 0 Å². The highest BCUT2D eigenvalue weighted by Gasteiger charge is 2.19. The summed E-state index contributed by atoms with van der Waals surface area (Å²) in [5.74, 6) is 0.686. The number of hydrogen-bond acceptors (Lipinski definition) is 3. The zero-order chi connectivity index (χ0) is 41.2. The van der Waals surface area contributed by atoms with Gasteiger partial charge in [-0.3, -0.25) is 0 Å². The number of furan rings is 1. The first-order valence-electron chi connectivity index (χ1n) is 21.6. The van der Waals surface area contributed by atoms with Gasteiger partial charge in [0.15, 0.2) is 5.82 Å². The fraction of sp³-hybridized carbons (Fsp3) is 0. The summed E-state index contributed by atoms with van der Waals surface area (Å²) >= 11 is 0. The summed E-state index contributed by atoms with van der Waals surface area (Å²) in [6.07, 6.45) is 0. The molecule has 0 saturated heterocycles. The minimum atomic E-state index is 0.686. The average molecular weight is 799 g/mol. The zero-order valence-electron chi connectivity index (χ0n) is 33.9. The number of rotatable bonds is 4. The van der Waals surface area contributed by atoms with Crippen LogP contribution in [0.5, 0.6) is 0 Å². The van der Waals surface area contributed by atoms with Crippen LogP contribution in [0.3, 0.4) is 0 Å². The van der Waals surface area contributed by atoms with Crippen LogP contribution < -0.4 is 0 Å². The molecular formula is C60H34N2O. The zero-order valence-corrected chi connectivity index (χ0v) is 33.9. The predicted molar refractivity (Wildman–Crippen MR) is 265 cm³/mol. The van der Waals surface area contributed by atoms with Gasteiger partial charge < -0.3 is 4.42 Å². The summed E-state index contributed by atoms with van der Waals surface area (Å²) in [5, 5.41) is 19.8. The van der Waals surface area contributed by atoms with Crippen molar-refractivity contribution in [1.29, 1.82) is 0 Å². The van der Waals surface area contributed by atoms with Gasteiger partial charge in [0.25, 0.3) is 0 Å². The van der Waals surface area contributed by atoms with E-state index in [0.29, 0.717) is 5.82 Å². The molecule has 0 amide bonds. The van der Waals surface area contributed by atoms with E-state index in [4.69, 9.17) is 14.4 Å². The Morgan fingerprint density at radius 2 is 0.794 bits per heavy atom. The van der Waals surface area contributed by atoms with Crippen molar-refractivity contribution in [2.75, 3.05) is 0 Å². The van der Waals surface area contributed by atoms with Crippen LogP contribution in [0.25, 0.3) is 142 Å². The summed E-state index contributed by atoms with van der Waals surface area (Å²) in [6, 6.07) is 74.7. The van der Waals surface area contributed by atoms with Crippen LogP contribution in [0.15, 0.2) is 211 Å². The van der Waals surface area contributed by atoms with Gasteiger partial charge in [-0.15, -0.1) is 0 Å².